The van der Waals surface area contributed by atoms with E-state index in [9.17, 15) is 9.59 Å². The standard InChI is InChI=1S/C21H17NO5S/c1-3-25-20(23)12(2)26-14-9-8-13-10-15(21(24)27-17(13)11-14)19-22-16-6-4-5-7-18(16)28-19/h4-12H,3H2,1-2H3/t12-/m1/s1. The first-order valence-corrected chi connectivity index (χ1v) is 9.64. The maximum Gasteiger partial charge on any atom is 0.347 e. The molecule has 2 heterocycles. The van der Waals surface area contributed by atoms with Gasteiger partial charge in [-0.2, -0.15) is 0 Å². The molecule has 2 aromatic carbocycles. The van der Waals surface area contributed by atoms with Crippen molar-refractivity contribution < 1.29 is 18.7 Å². The number of rotatable bonds is 5. The van der Waals surface area contributed by atoms with E-state index >= 15 is 0 Å². The van der Waals surface area contributed by atoms with Gasteiger partial charge in [-0.05, 0) is 44.2 Å². The van der Waals surface area contributed by atoms with Gasteiger partial charge in [0.15, 0.2) is 6.10 Å². The molecular weight excluding hydrogens is 378 g/mol. The third kappa shape index (κ3) is 3.48. The molecule has 0 amide bonds. The van der Waals surface area contributed by atoms with Crippen LogP contribution in [0.25, 0.3) is 31.8 Å². The van der Waals surface area contributed by atoms with Gasteiger partial charge in [0.25, 0.3) is 0 Å². The molecule has 0 bridgehead atoms. The van der Waals surface area contributed by atoms with E-state index in [0.717, 1.165) is 15.6 Å². The molecular formula is C21H17NO5S. The quantitative estimate of drug-likeness (QED) is 0.368. The van der Waals surface area contributed by atoms with Gasteiger partial charge in [-0.15, -0.1) is 11.3 Å². The highest BCUT2D eigenvalue weighted by atomic mass is 32.1. The zero-order valence-electron chi connectivity index (χ0n) is 15.3. The van der Waals surface area contributed by atoms with E-state index < -0.39 is 17.7 Å². The Morgan fingerprint density at radius 1 is 1.21 bits per heavy atom. The van der Waals surface area contributed by atoms with Gasteiger partial charge >= 0.3 is 11.6 Å². The van der Waals surface area contributed by atoms with Crippen LogP contribution in [-0.4, -0.2) is 23.7 Å². The second kappa shape index (κ2) is 7.44. The molecule has 4 rings (SSSR count). The summed E-state index contributed by atoms with van der Waals surface area (Å²) in [6.07, 6.45) is -0.758. The molecule has 0 unspecified atom stereocenters. The molecule has 6 nitrogen and oxygen atoms in total. The van der Waals surface area contributed by atoms with Crippen molar-refractivity contribution in [3.8, 4) is 16.3 Å². The van der Waals surface area contributed by atoms with Crippen molar-refractivity contribution >= 4 is 38.5 Å². The molecule has 0 radical (unpaired) electrons. The third-order valence-electron chi connectivity index (χ3n) is 4.16. The lowest BCUT2D eigenvalue weighted by molar-refractivity contribution is -0.150. The fourth-order valence-corrected chi connectivity index (χ4v) is 3.78. The van der Waals surface area contributed by atoms with E-state index in [0.29, 0.717) is 21.9 Å². The zero-order chi connectivity index (χ0) is 19.7. The molecule has 142 valence electrons. The van der Waals surface area contributed by atoms with Gasteiger partial charge in [-0.1, -0.05) is 12.1 Å². The van der Waals surface area contributed by atoms with Crippen molar-refractivity contribution in [3.05, 3.63) is 59.0 Å². The number of esters is 1. The largest absolute Gasteiger partial charge is 0.479 e. The number of ether oxygens (including phenoxy) is 2. The molecule has 0 spiro atoms. The first kappa shape index (κ1) is 18.2. The summed E-state index contributed by atoms with van der Waals surface area (Å²) in [5.41, 5.74) is 1.17. The number of carbonyl (C=O) groups excluding carboxylic acids is 1. The zero-order valence-corrected chi connectivity index (χ0v) is 16.1. The highest BCUT2D eigenvalue weighted by Gasteiger charge is 2.17. The summed E-state index contributed by atoms with van der Waals surface area (Å²) in [5.74, 6) is -0.0285. The Kier molecular flexibility index (Phi) is 4.83. The van der Waals surface area contributed by atoms with Crippen LogP contribution in [0.15, 0.2) is 57.7 Å². The number of aromatic nitrogens is 1. The van der Waals surface area contributed by atoms with E-state index in [2.05, 4.69) is 4.98 Å². The molecule has 0 aliphatic heterocycles. The molecule has 7 heteroatoms. The van der Waals surface area contributed by atoms with E-state index in [4.69, 9.17) is 13.9 Å². The number of thiazole rings is 1. The molecule has 28 heavy (non-hydrogen) atoms. The van der Waals surface area contributed by atoms with Crippen LogP contribution in [0, 0.1) is 0 Å². The van der Waals surface area contributed by atoms with Gasteiger partial charge in [0.2, 0.25) is 0 Å². The number of nitrogens with zero attached hydrogens (tertiary/aromatic N) is 1. The molecule has 2 aromatic heterocycles. The fraction of sp³-hybridized carbons (Fsp3) is 0.190. The Hall–Kier alpha value is -3.19. The lowest BCUT2D eigenvalue weighted by Crippen LogP contribution is -2.26. The second-order valence-electron chi connectivity index (χ2n) is 6.15. The third-order valence-corrected chi connectivity index (χ3v) is 5.23. The minimum absolute atomic E-state index is 0.285. The van der Waals surface area contributed by atoms with Crippen LogP contribution in [0.1, 0.15) is 13.8 Å². The number of benzene rings is 2. The van der Waals surface area contributed by atoms with Crippen LogP contribution >= 0.6 is 11.3 Å². The first-order valence-electron chi connectivity index (χ1n) is 8.82. The predicted octanol–water partition coefficient (Wildman–Crippen LogP) is 4.40. The lowest BCUT2D eigenvalue weighted by atomic mass is 10.2. The van der Waals surface area contributed by atoms with Crippen molar-refractivity contribution in [1.82, 2.24) is 4.98 Å². The maximum absolute atomic E-state index is 12.5. The van der Waals surface area contributed by atoms with Gasteiger partial charge in [-0.3, -0.25) is 0 Å². The second-order valence-corrected chi connectivity index (χ2v) is 7.18. The Balaban J connectivity index is 1.68. The molecule has 0 saturated carbocycles. The highest BCUT2D eigenvalue weighted by Crippen LogP contribution is 2.30. The monoisotopic (exact) mass is 395 g/mol. The summed E-state index contributed by atoms with van der Waals surface area (Å²) in [5, 5.41) is 1.36. The average Bonchev–Trinajstić information content (AvgIpc) is 3.11. The van der Waals surface area contributed by atoms with Crippen molar-refractivity contribution in [2.24, 2.45) is 0 Å². The minimum atomic E-state index is -0.758. The number of carbonyl (C=O) groups is 1. The topological polar surface area (TPSA) is 78.6 Å². The van der Waals surface area contributed by atoms with Crippen LogP contribution in [-0.2, 0) is 9.53 Å². The Bertz CT molecular complexity index is 1190. The van der Waals surface area contributed by atoms with Crippen LogP contribution in [0.3, 0.4) is 0 Å². The van der Waals surface area contributed by atoms with Crippen molar-refractivity contribution in [2.75, 3.05) is 6.61 Å². The summed E-state index contributed by atoms with van der Waals surface area (Å²) in [7, 11) is 0. The van der Waals surface area contributed by atoms with Crippen molar-refractivity contribution in [2.45, 2.75) is 20.0 Å². The van der Waals surface area contributed by atoms with E-state index in [1.54, 1.807) is 38.1 Å². The number of fused-ring (bicyclic) bond motifs is 2. The summed E-state index contributed by atoms with van der Waals surface area (Å²) < 4.78 is 17.0. The van der Waals surface area contributed by atoms with Crippen molar-refractivity contribution in [3.63, 3.8) is 0 Å². The van der Waals surface area contributed by atoms with Gasteiger partial charge in [0, 0.05) is 11.5 Å². The van der Waals surface area contributed by atoms with Crippen LogP contribution in [0.4, 0.5) is 0 Å². The maximum atomic E-state index is 12.5. The van der Waals surface area contributed by atoms with Crippen molar-refractivity contribution in [1.29, 1.82) is 0 Å². The Morgan fingerprint density at radius 2 is 2.04 bits per heavy atom. The van der Waals surface area contributed by atoms with Crippen LogP contribution < -0.4 is 10.4 Å². The lowest BCUT2D eigenvalue weighted by Gasteiger charge is -2.13. The molecule has 1 atom stereocenters. The highest BCUT2D eigenvalue weighted by molar-refractivity contribution is 7.21. The molecule has 0 N–H and O–H groups in total. The SMILES string of the molecule is CCOC(=O)[C@@H](C)Oc1ccc2cc(-c3nc4ccccc4s3)c(=O)oc2c1. The Labute approximate surface area is 164 Å². The summed E-state index contributed by atoms with van der Waals surface area (Å²) in [4.78, 5) is 28.8. The summed E-state index contributed by atoms with van der Waals surface area (Å²) in [6, 6.07) is 14.6. The Morgan fingerprint density at radius 3 is 2.82 bits per heavy atom. The molecule has 0 aliphatic rings. The van der Waals surface area contributed by atoms with Gasteiger partial charge in [0.05, 0.1) is 22.4 Å². The van der Waals surface area contributed by atoms with Crippen LogP contribution in [0.5, 0.6) is 5.75 Å². The van der Waals surface area contributed by atoms with E-state index in [1.165, 1.54) is 11.3 Å². The fourth-order valence-electron chi connectivity index (χ4n) is 2.81. The van der Waals surface area contributed by atoms with E-state index in [1.807, 2.05) is 24.3 Å². The molecule has 4 aromatic rings. The van der Waals surface area contributed by atoms with E-state index in [-0.39, 0.29) is 6.61 Å². The molecule has 0 saturated heterocycles. The van der Waals surface area contributed by atoms with Crippen LogP contribution in [0.2, 0.25) is 0 Å². The smallest absolute Gasteiger partial charge is 0.347 e. The number of para-hydroxylation sites is 1. The number of hydrogen-bond acceptors (Lipinski definition) is 7. The molecule has 0 fully saturated rings. The first-order chi connectivity index (χ1) is 13.5. The van der Waals surface area contributed by atoms with Gasteiger partial charge in [-0.25, -0.2) is 14.6 Å². The summed E-state index contributed by atoms with van der Waals surface area (Å²) >= 11 is 1.45. The molecule has 0 aliphatic carbocycles. The average molecular weight is 395 g/mol. The predicted molar refractivity (Wildman–Crippen MR) is 108 cm³/mol. The van der Waals surface area contributed by atoms with Gasteiger partial charge in [0.1, 0.15) is 16.3 Å². The minimum Gasteiger partial charge on any atom is -0.479 e. The normalized spacial score (nSPS) is 12.2. The summed E-state index contributed by atoms with van der Waals surface area (Å²) in [6.45, 7) is 3.63. The number of hydrogen-bond donors (Lipinski definition) is 0. The van der Waals surface area contributed by atoms with Gasteiger partial charge < -0.3 is 13.9 Å².